The van der Waals surface area contributed by atoms with Crippen LogP contribution in [0.1, 0.15) is 25.7 Å². The summed E-state index contributed by atoms with van der Waals surface area (Å²) in [5.74, 6) is -1.68. The fourth-order valence-corrected chi connectivity index (χ4v) is 4.04. The molecule has 2 atom stereocenters. The number of carbonyl (C=O) groups excluding carboxylic acids is 1. The summed E-state index contributed by atoms with van der Waals surface area (Å²) in [5, 5.41) is 8.96. The molecular weight excluding hydrogens is 284 g/mol. The van der Waals surface area contributed by atoms with Gasteiger partial charge < -0.3 is 10.0 Å². The number of likely N-dealkylation sites (tertiary alicyclic amines) is 1. The summed E-state index contributed by atoms with van der Waals surface area (Å²) < 4.78 is 24.8. The van der Waals surface area contributed by atoms with E-state index in [1.54, 1.807) is 0 Å². The van der Waals surface area contributed by atoms with Gasteiger partial charge in [0, 0.05) is 19.6 Å². The molecule has 0 aliphatic carbocycles. The van der Waals surface area contributed by atoms with E-state index in [1.807, 2.05) is 0 Å². The molecule has 20 heavy (non-hydrogen) atoms. The first-order chi connectivity index (χ1) is 9.30. The van der Waals surface area contributed by atoms with Gasteiger partial charge in [-0.1, -0.05) is 6.42 Å². The Morgan fingerprint density at radius 3 is 2.40 bits per heavy atom. The predicted octanol–water partition coefficient (Wildman–Crippen LogP) is -0.266. The first kappa shape index (κ1) is 15.2. The normalized spacial score (nSPS) is 28.6. The predicted molar refractivity (Wildman–Crippen MR) is 71.5 cm³/mol. The fourth-order valence-electron chi connectivity index (χ4n) is 2.92. The van der Waals surface area contributed by atoms with Crippen molar-refractivity contribution in [1.29, 1.82) is 0 Å². The van der Waals surface area contributed by atoms with E-state index in [-0.39, 0.29) is 12.5 Å². The number of carboxylic acid groups (broad SMARTS) is 1. The molecule has 0 saturated carbocycles. The summed E-state index contributed by atoms with van der Waals surface area (Å²) in [6, 6.07) is -0.661. The van der Waals surface area contributed by atoms with Gasteiger partial charge >= 0.3 is 5.97 Å². The topological polar surface area (TPSA) is 95.0 Å². The van der Waals surface area contributed by atoms with E-state index in [4.69, 9.17) is 5.11 Å². The highest BCUT2D eigenvalue weighted by Crippen LogP contribution is 2.24. The van der Waals surface area contributed by atoms with Gasteiger partial charge in [-0.15, -0.1) is 0 Å². The van der Waals surface area contributed by atoms with E-state index >= 15 is 0 Å². The van der Waals surface area contributed by atoms with E-state index < -0.39 is 28.0 Å². The Kier molecular flexibility index (Phi) is 4.33. The minimum atomic E-state index is -3.41. The summed E-state index contributed by atoms with van der Waals surface area (Å²) in [7, 11) is -3.41. The molecule has 2 fully saturated rings. The molecule has 2 rings (SSSR count). The average Bonchev–Trinajstić information content (AvgIpc) is 2.86. The van der Waals surface area contributed by atoms with Crippen LogP contribution in [0.2, 0.25) is 0 Å². The lowest BCUT2D eigenvalue weighted by Gasteiger charge is -2.34. The molecule has 8 heteroatoms. The number of rotatable bonds is 3. The van der Waals surface area contributed by atoms with E-state index in [0.717, 1.165) is 19.1 Å². The van der Waals surface area contributed by atoms with Crippen LogP contribution in [0.3, 0.4) is 0 Å². The largest absolute Gasteiger partial charge is 0.481 e. The lowest BCUT2D eigenvalue weighted by Crippen LogP contribution is -2.52. The van der Waals surface area contributed by atoms with E-state index in [1.165, 1.54) is 9.21 Å². The molecule has 2 heterocycles. The molecule has 0 bridgehead atoms. The Labute approximate surface area is 118 Å². The van der Waals surface area contributed by atoms with Crippen LogP contribution in [-0.4, -0.2) is 66.5 Å². The Morgan fingerprint density at radius 2 is 1.85 bits per heavy atom. The van der Waals surface area contributed by atoms with Crippen LogP contribution in [0.5, 0.6) is 0 Å². The lowest BCUT2D eigenvalue weighted by atomic mass is 10.0. The van der Waals surface area contributed by atoms with Gasteiger partial charge in [-0.3, -0.25) is 9.59 Å². The highest BCUT2D eigenvalue weighted by molar-refractivity contribution is 7.88. The van der Waals surface area contributed by atoms with Gasteiger partial charge in [0.05, 0.1) is 12.2 Å². The number of amides is 1. The van der Waals surface area contributed by atoms with Crippen molar-refractivity contribution in [3.63, 3.8) is 0 Å². The van der Waals surface area contributed by atoms with Gasteiger partial charge in [-0.2, -0.15) is 4.31 Å². The first-order valence-electron chi connectivity index (χ1n) is 6.79. The highest BCUT2D eigenvalue weighted by Gasteiger charge is 2.39. The quantitative estimate of drug-likeness (QED) is 0.774. The van der Waals surface area contributed by atoms with Crippen molar-refractivity contribution in [3.05, 3.63) is 0 Å². The Balaban J connectivity index is 2.09. The van der Waals surface area contributed by atoms with Gasteiger partial charge in [0.1, 0.15) is 6.04 Å². The summed E-state index contributed by atoms with van der Waals surface area (Å²) in [6.07, 6.45) is 3.64. The van der Waals surface area contributed by atoms with Crippen LogP contribution < -0.4 is 0 Å². The standard InChI is InChI=1S/C12H20N2O5S/c1-20(18,19)14-6-3-2-4-10(14)11(15)13-7-5-9(8-13)12(16)17/h9-10H,2-8H2,1H3,(H,16,17)/t9-,10+/m0/s1. The molecule has 7 nitrogen and oxygen atoms in total. The second kappa shape index (κ2) is 5.69. The SMILES string of the molecule is CS(=O)(=O)N1CCCC[C@@H]1C(=O)N1CC[C@H](C(=O)O)C1. The Morgan fingerprint density at radius 1 is 1.15 bits per heavy atom. The Hall–Kier alpha value is -1.15. The van der Waals surface area contributed by atoms with E-state index in [0.29, 0.717) is 25.9 Å². The molecule has 0 aromatic rings. The van der Waals surface area contributed by atoms with E-state index in [9.17, 15) is 18.0 Å². The molecule has 1 N–H and O–H groups in total. The second-order valence-corrected chi connectivity index (χ2v) is 7.43. The molecule has 0 spiro atoms. The number of nitrogens with zero attached hydrogens (tertiary/aromatic N) is 2. The summed E-state index contributed by atoms with van der Waals surface area (Å²) >= 11 is 0. The van der Waals surface area contributed by atoms with Gasteiger partial charge in [0.15, 0.2) is 0 Å². The maximum atomic E-state index is 12.5. The summed E-state index contributed by atoms with van der Waals surface area (Å²) in [6.45, 7) is 0.942. The number of carboxylic acids is 1. The van der Waals surface area contributed by atoms with Crippen molar-refractivity contribution in [2.24, 2.45) is 5.92 Å². The van der Waals surface area contributed by atoms with Crippen LogP contribution in [0.15, 0.2) is 0 Å². The van der Waals surface area contributed by atoms with Crippen molar-refractivity contribution in [2.75, 3.05) is 25.9 Å². The van der Waals surface area contributed by atoms with Crippen molar-refractivity contribution in [3.8, 4) is 0 Å². The number of hydrogen-bond acceptors (Lipinski definition) is 4. The zero-order chi connectivity index (χ0) is 14.9. The molecule has 0 aromatic carbocycles. The average molecular weight is 304 g/mol. The number of aliphatic carboxylic acids is 1. The number of piperidine rings is 1. The minimum Gasteiger partial charge on any atom is -0.481 e. The van der Waals surface area contributed by atoms with Crippen LogP contribution in [-0.2, 0) is 19.6 Å². The zero-order valence-corrected chi connectivity index (χ0v) is 12.3. The summed E-state index contributed by atoms with van der Waals surface area (Å²) in [5.41, 5.74) is 0. The van der Waals surface area contributed by atoms with Crippen LogP contribution in [0, 0.1) is 5.92 Å². The fraction of sp³-hybridized carbons (Fsp3) is 0.833. The third-order valence-electron chi connectivity index (χ3n) is 4.01. The molecule has 0 radical (unpaired) electrons. The summed E-state index contributed by atoms with van der Waals surface area (Å²) in [4.78, 5) is 24.9. The molecule has 2 aliphatic rings. The van der Waals surface area contributed by atoms with Crippen molar-refractivity contribution in [1.82, 2.24) is 9.21 Å². The Bertz CT molecular complexity index is 504. The van der Waals surface area contributed by atoms with Gasteiger partial charge in [-0.05, 0) is 19.3 Å². The van der Waals surface area contributed by atoms with Crippen molar-refractivity contribution < 1.29 is 23.1 Å². The highest BCUT2D eigenvalue weighted by atomic mass is 32.2. The lowest BCUT2D eigenvalue weighted by molar-refractivity contribution is -0.141. The van der Waals surface area contributed by atoms with Crippen molar-refractivity contribution >= 4 is 21.9 Å². The number of sulfonamides is 1. The third-order valence-corrected chi connectivity index (χ3v) is 5.30. The van der Waals surface area contributed by atoms with E-state index in [2.05, 4.69) is 0 Å². The monoisotopic (exact) mass is 304 g/mol. The molecule has 0 unspecified atom stereocenters. The molecule has 1 amide bonds. The smallest absolute Gasteiger partial charge is 0.308 e. The zero-order valence-electron chi connectivity index (χ0n) is 11.5. The molecule has 0 aromatic heterocycles. The maximum absolute atomic E-state index is 12.5. The van der Waals surface area contributed by atoms with Crippen LogP contribution in [0.25, 0.3) is 0 Å². The number of carbonyl (C=O) groups is 2. The first-order valence-corrected chi connectivity index (χ1v) is 8.64. The van der Waals surface area contributed by atoms with Crippen LogP contribution >= 0.6 is 0 Å². The maximum Gasteiger partial charge on any atom is 0.308 e. The van der Waals surface area contributed by atoms with Gasteiger partial charge in [-0.25, -0.2) is 8.42 Å². The van der Waals surface area contributed by atoms with Crippen molar-refractivity contribution in [2.45, 2.75) is 31.7 Å². The van der Waals surface area contributed by atoms with Crippen LogP contribution in [0.4, 0.5) is 0 Å². The molecule has 2 saturated heterocycles. The molecular formula is C12H20N2O5S. The second-order valence-electron chi connectivity index (χ2n) is 5.49. The third kappa shape index (κ3) is 3.12. The number of hydrogen-bond donors (Lipinski definition) is 1. The van der Waals surface area contributed by atoms with Gasteiger partial charge in [0.25, 0.3) is 0 Å². The van der Waals surface area contributed by atoms with Gasteiger partial charge in [0.2, 0.25) is 15.9 Å². The molecule has 2 aliphatic heterocycles. The minimum absolute atomic E-state index is 0.183. The molecule has 114 valence electrons.